The Morgan fingerprint density at radius 1 is 0.403 bits per heavy atom. The SMILES string of the molecule is CC(C)(C)c1ccc([S+]2CCCC2)cc1.CCCCOc1ccc([S+]2CCCC2)c2ccccc12.CCCCOc1ccc([S+]2CCCC2)c2ccccc12.CC[N-]CCCCCN1CCN(C)CC1.CC[N-]CCCCCN1CCN(C)CC1.CC[N-]CCCCCN1CCN(c2ccccc2)CC1.Cn1cc([S+]2CCCC2)c2ccccc21.O=C([O-])C1CCNCC1. The molecule has 0 unspecified atom stereocenters. The highest BCUT2D eigenvalue weighted by atomic mass is 32.2. The quantitative estimate of drug-likeness (QED) is 0.0300. The minimum Gasteiger partial charge on any atom is -0.662 e. The topological polar surface area (TPSA) is 137 Å². The number of aliphatic carboxylic acids is 1. The molecule has 8 saturated heterocycles. The third-order valence-corrected chi connectivity index (χ3v) is 36.2. The number of hydrogen-bond acceptors (Lipinski definition) is 11. The van der Waals surface area contributed by atoms with Gasteiger partial charge in [-0.2, -0.15) is 19.6 Å². The van der Waals surface area contributed by atoms with Crippen LogP contribution in [0.1, 0.15) is 209 Å². The van der Waals surface area contributed by atoms with Crippen LogP contribution >= 0.6 is 0 Å². The van der Waals surface area contributed by atoms with E-state index in [1.165, 1.54) is 297 Å². The molecule has 8 fully saturated rings. The molecule has 0 atom stereocenters. The Labute approximate surface area is 796 Å². The summed E-state index contributed by atoms with van der Waals surface area (Å²) in [6.07, 6.45) is 31.6. The fourth-order valence-electron chi connectivity index (χ4n) is 17.8. The number of benzene rings is 7. The standard InChI is InChI=1S/2C18H23OS.C17H28N3.C14H21S.C13H16NS.2C12H26N3.C6H11NO2/c2*1-2-3-12-19-17-10-11-18(20-13-6-7-14-20)16-9-5-4-8-15(16)17;1-2-18-11-7-4-8-12-19-13-15-20(16-14-19)17-9-5-3-6-10-17;1-14(2,3)12-6-8-13(9-7-12)15-10-4-5-11-15;1-14-10-13(15-8-4-5-9-15)11-6-2-3-7-12(11)14;2*1-3-13-7-5-4-6-8-15-11-9-14(2)10-12-15;8-6(9)5-1-3-7-4-2-5/h2*4-5,8-11H,2-3,6-7,12-14H2,1H3;3,5-6,9-10H,2,4,7-8,11-16H2,1H3;6-9H,4-5,10-11H2,1-3H3;2-3,6-7,10H,4-5,8-9H2,1H3;2*3-12H2,1-2H3;5,7H,1-4H2,(H,8,9)/q2*+1;-1;2*+1;2*-1;/p-1. The lowest BCUT2D eigenvalue weighted by Gasteiger charge is -2.36. The van der Waals surface area contributed by atoms with E-state index in [9.17, 15) is 9.90 Å². The third kappa shape index (κ3) is 39.0. The minimum atomic E-state index is -0.892. The van der Waals surface area contributed by atoms with Crippen molar-refractivity contribution in [3.63, 3.8) is 0 Å². The highest BCUT2D eigenvalue weighted by Gasteiger charge is 2.33. The van der Waals surface area contributed by atoms with Crippen LogP contribution in [0.4, 0.5) is 5.69 Å². The molecule has 0 amide bonds. The maximum atomic E-state index is 10.2. The molecule has 8 aliphatic heterocycles. The molecule has 15 nitrogen and oxygen atoms in total. The van der Waals surface area contributed by atoms with Crippen molar-refractivity contribution >= 4 is 87.7 Å². The van der Waals surface area contributed by atoms with Crippen LogP contribution in [0.2, 0.25) is 0 Å². The predicted octanol–water partition coefficient (Wildman–Crippen LogP) is 22.0. The second kappa shape index (κ2) is 63.0. The Balaban J connectivity index is 0.000000168. The van der Waals surface area contributed by atoms with Crippen molar-refractivity contribution in [1.29, 1.82) is 0 Å². The zero-order valence-corrected chi connectivity index (χ0v) is 85.7. The van der Waals surface area contributed by atoms with Crippen LogP contribution in [0.5, 0.6) is 11.5 Å². The largest absolute Gasteiger partial charge is 0.662 e. The Hall–Kier alpha value is -5.49. The van der Waals surface area contributed by atoms with Gasteiger partial charge >= 0.3 is 0 Å². The van der Waals surface area contributed by atoms with Gasteiger partial charge in [0.1, 0.15) is 57.5 Å². The lowest BCUT2D eigenvalue weighted by molar-refractivity contribution is -0.312. The monoisotopic (exact) mass is 1840 g/mol. The number of piperidine rings is 1. The first-order chi connectivity index (χ1) is 63.1. The van der Waals surface area contributed by atoms with E-state index in [0.717, 1.165) is 116 Å². The summed E-state index contributed by atoms with van der Waals surface area (Å²) in [4.78, 5) is 31.6. The van der Waals surface area contributed by atoms with Gasteiger partial charge < -0.3 is 69.7 Å². The van der Waals surface area contributed by atoms with E-state index in [2.05, 4.69) is 290 Å². The molecular formula is C110H173N11O4S4. The van der Waals surface area contributed by atoms with Crippen molar-refractivity contribution in [1.82, 2.24) is 34.4 Å². The van der Waals surface area contributed by atoms with Crippen LogP contribution in [0.15, 0.2) is 177 Å². The number of aromatic nitrogens is 1. The number of anilines is 1. The molecule has 0 bridgehead atoms. The van der Waals surface area contributed by atoms with Crippen molar-refractivity contribution in [3.05, 3.63) is 179 Å². The molecule has 0 radical (unpaired) electrons. The number of unbranched alkanes of at least 4 members (excludes halogenated alkanes) is 8. The zero-order chi connectivity index (χ0) is 91.3. The zero-order valence-electron chi connectivity index (χ0n) is 82.4. The molecule has 0 aliphatic carbocycles. The van der Waals surface area contributed by atoms with Crippen LogP contribution in [0, 0.1) is 5.92 Å². The lowest BCUT2D eigenvalue weighted by atomic mass is 9.87. The number of carboxylic acids is 1. The van der Waals surface area contributed by atoms with Crippen LogP contribution in [-0.4, -0.2) is 259 Å². The molecule has 16 rings (SSSR count). The molecule has 1 N–H and O–H groups in total. The Morgan fingerprint density at radius 2 is 0.775 bits per heavy atom. The summed E-state index contributed by atoms with van der Waals surface area (Å²) in [6, 6.07) is 55.4. The smallest absolute Gasteiger partial charge is 0.180 e. The van der Waals surface area contributed by atoms with Crippen molar-refractivity contribution < 1.29 is 19.4 Å². The first kappa shape index (κ1) is 107. The fraction of sp³-hybridized carbons (Fsp3) is 0.627. The number of likely N-dealkylation sites (N-methyl/N-ethyl adjacent to an activating group) is 2. The van der Waals surface area contributed by atoms with Crippen molar-refractivity contribution in [2.24, 2.45) is 13.0 Å². The molecule has 1 aromatic heterocycles. The van der Waals surface area contributed by atoms with Gasteiger partial charge in [-0.15, -0.1) is 19.6 Å². The van der Waals surface area contributed by atoms with Gasteiger partial charge in [-0.3, -0.25) is 4.90 Å². The van der Waals surface area contributed by atoms with Crippen molar-refractivity contribution in [3.8, 4) is 11.5 Å². The van der Waals surface area contributed by atoms with Crippen molar-refractivity contribution in [2.45, 2.75) is 228 Å². The van der Waals surface area contributed by atoms with E-state index >= 15 is 0 Å². The molecule has 0 spiro atoms. The molecule has 0 saturated carbocycles. The average molecular weight is 1840 g/mol. The summed E-state index contributed by atoms with van der Waals surface area (Å²) in [5.74, 6) is 12.2. The maximum Gasteiger partial charge on any atom is 0.180 e. The van der Waals surface area contributed by atoms with Gasteiger partial charge in [0.15, 0.2) is 19.6 Å². The van der Waals surface area contributed by atoms with E-state index in [1.54, 1.807) is 19.6 Å². The van der Waals surface area contributed by atoms with Gasteiger partial charge in [-0.1, -0.05) is 186 Å². The Bertz CT molecular complexity index is 4090. The number of nitrogens with zero attached hydrogens (tertiary/aromatic N) is 10. The summed E-state index contributed by atoms with van der Waals surface area (Å²) in [5.41, 5.74) is 4.49. The number of rotatable bonds is 35. The molecule has 129 heavy (non-hydrogen) atoms. The fourth-order valence-corrected chi connectivity index (χ4v) is 27.7. The predicted molar refractivity (Wildman–Crippen MR) is 567 cm³/mol. The van der Waals surface area contributed by atoms with E-state index in [4.69, 9.17) is 9.47 Å². The van der Waals surface area contributed by atoms with Crippen molar-refractivity contribution in [2.75, 3.05) is 229 Å². The number of carboxylic acid groups (broad SMARTS) is 1. The average Bonchev–Trinajstić information content (AvgIpc) is 1.73. The van der Waals surface area contributed by atoms with Crippen LogP contribution in [0.3, 0.4) is 0 Å². The van der Waals surface area contributed by atoms with Gasteiger partial charge in [-0.05, 0) is 227 Å². The number of hydrogen-bond donors (Lipinski definition) is 1. The normalized spacial score (nSPS) is 17.7. The molecular weight excluding hydrogens is 1670 g/mol. The first-order valence-electron chi connectivity index (χ1n) is 50.9. The van der Waals surface area contributed by atoms with E-state index in [-0.39, 0.29) is 11.3 Å². The van der Waals surface area contributed by atoms with E-state index in [0.29, 0.717) is 43.6 Å². The van der Waals surface area contributed by atoms with Gasteiger partial charge in [-0.25, -0.2) is 0 Å². The number of nitrogens with one attached hydrogen (secondary N) is 1. The molecule has 8 aliphatic rings. The third-order valence-electron chi connectivity index (χ3n) is 26.1. The number of fused-ring (bicyclic) bond motifs is 3. The molecule has 8 aromatic rings. The number of carbonyl (C=O) groups is 1. The highest BCUT2D eigenvalue weighted by molar-refractivity contribution is 7.98. The summed E-state index contributed by atoms with van der Waals surface area (Å²) < 4.78 is 14.2. The van der Waals surface area contributed by atoms with E-state index < -0.39 is 5.97 Å². The molecule has 9 heterocycles. The first-order valence-corrected chi connectivity index (χ1v) is 57.1. The van der Waals surface area contributed by atoms with Gasteiger partial charge in [0.25, 0.3) is 0 Å². The van der Waals surface area contributed by atoms with Crippen LogP contribution in [0.25, 0.3) is 48.4 Å². The highest BCUT2D eigenvalue weighted by Crippen LogP contribution is 2.38. The number of piperazine rings is 3. The summed E-state index contributed by atoms with van der Waals surface area (Å²) in [5, 5.41) is 33.2. The Kier molecular flexibility index (Phi) is 52.3. The number of aryl methyl sites for hydroxylation is 1. The number of carbonyl (C=O) groups excluding carboxylic acids is 1. The molecule has 7 aromatic carbocycles. The second-order valence-corrected chi connectivity index (χ2v) is 46.2. The number of para-hydroxylation sites is 2. The van der Waals surface area contributed by atoms with Crippen LogP contribution < -0.4 is 24.8 Å². The maximum absolute atomic E-state index is 10.2. The number of ether oxygens (including phenoxy) is 2. The molecule has 19 heteroatoms. The van der Waals surface area contributed by atoms with Gasteiger partial charge in [0, 0.05) is 168 Å². The lowest BCUT2D eigenvalue weighted by Crippen LogP contribution is -2.46. The summed E-state index contributed by atoms with van der Waals surface area (Å²) in [7, 11) is 8.62. The Morgan fingerprint density at radius 3 is 1.16 bits per heavy atom. The minimum absolute atomic E-state index is 0.203. The van der Waals surface area contributed by atoms with E-state index in [1.807, 2.05) is 0 Å². The summed E-state index contributed by atoms with van der Waals surface area (Å²) in [6.45, 7) is 45.6. The van der Waals surface area contributed by atoms with Gasteiger partial charge in [0.2, 0.25) is 0 Å². The summed E-state index contributed by atoms with van der Waals surface area (Å²) >= 11 is 0. The second-order valence-electron chi connectivity index (χ2n) is 37.2. The molecule has 716 valence electrons. The van der Waals surface area contributed by atoms with Gasteiger partial charge in [0.05, 0.1) is 30.3 Å². The van der Waals surface area contributed by atoms with Crippen LogP contribution in [-0.2, 0) is 60.8 Å².